The molecule has 1 amide bonds. The summed E-state index contributed by atoms with van der Waals surface area (Å²) in [6.45, 7) is 1.98. The van der Waals surface area contributed by atoms with Gasteiger partial charge in [0.2, 0.25) is 0 Å². The predicted octanol–water partition coefficient (Wildman–Crippen LogP) is 3.20. The molecule has 5 heteroatoms. The molecular formula is C19H25N3O2. The summed E-state index contributed by atoms with van der Waals surface area (Å²) in [4.78, 5) is 12.2. The quantitative estimate of drug-likeness (QED) is 0.621. The van der Waals surface area contributed by atoms with Crippen LogP contribution in [0.15, 0.2) is 36.0 Å². The van der Waals surface area contributed by atoms with E-state index in [-0.39, 0.29) is 23.6 Å². The van der Waals surface area contributed by atoms with Gasteiger partial charge in [-0.25, -0.2) is 0 Å². The molecule has 1 fully saturated rings. The van der Waals surface area contributed by atoms with Gasteiger partial charge in [0.1, 0.15) is 17.4 Å². The summed E-state index contributed by atoms with van der Waals surface area (Å²) in [7, 11) is 1.63. The minimum absolute atomic E-state index is 0.0123. The molecule has 24 heavy (non-hydrogen) atoms. The van der Waals surface area contributed by atoms with Crippen molar-refractivity contribution in [3.05, 3.63) is 41.6 Å². The lowest BCUT2D eigenvalue weighted by Crippen LogP contribution is -2.37. The molecule has 0 aromatic heterocycles. The van der Waals surface area contributed by atoms with E-state index in [1.54, 1.807) is 7.11 Å². The molecule has 1 atom stereocenters. The monoisotopic (exact) mass is 327 g/mol. The lowest BCUT2D eigenvalue weighted by atomic mass is 9.95. The Morgan fingerprint density at radius 2 is 1.96 bits per heavy atom. The fourth-order valence-corrected chi connectivity index (χ4v) is 2.86. The Morgan fingerprint density at radius 3 is 2.54 bits per heavy atom. The SMILES string of the molecule is COc1ccc(C(C)N/C=C(/C#N)C(=O)NC2CCCCC2)cc1. The first-order valence-corrected chi connectivity index (χ1v) is 8.45. The third-order valence-corrected chi connectivity index (χ3v) is 4.40. The van der Waals surface area contributed by atoms with E-state index in [0.29, 0.717) is 0 Å². The first-order chi connectivity index (χ1) is 11.6. The molecule has 0 spiro atoms. The standard InChI is InChI=1S/C19H25N3O2/c1-14(15-8-10-18(24-2)11-9-15)21-13-16(12-20)19(23)22-17-6-4-3-5-7-17/h8-11,13-14,17,21H,3-7H2,1-2H3,(H,22,23)/b16-13-. The van der Waals surface area contributed by atoms with Crippen molar-refractivity contribution in [3.63, 3.8) is 0 Å². The second kappa shape index (κ2) is 8.97. The van der Waals surface area contributed by atoms with Crippen LogP contribution in [0.3, 0.4) is 0 Å². The summed E-state index contributed by atoms with van der Waals surface area (Å²) < 4.78 is 5.14. The lowest BCUT2D eigenvalue weighted by Gasteiger charge is -2.22. The smallest absolute Gasteiger partial charge is 0.263 e. The van der Waals surface area contributed by atoms with Gasteiger partial charge in [0.25, 0.3) is 5.91 Å². The van der Waals surface area contributed by atoms with Crippen LogP contribution in [0.4, 0.5) is 0 Å². The Kier molecular flexibility index (Phi) is 6.68. The molecular weight excluding hydrogens is 302 g/mol. The van der Waals surface area contributed by atoms with Crippen LogP contribution in [-0.4, -0.2) is 19.1 Å². The maximum absolute atomic E-state index is 12.2. The average molecular weight is 327 g/mol. The van der Waals surface area contributed by atoms with Crippen LogP contribution >= 0.6 is 0 Å². The van der Waals surface area contributed by atoms with Gasteiger partial charge in [-0.3, -0.25) is 4.79 Å². The van der Waals surface area contributed by atoms with Crippen LogP contribution in [0.25, 0.3) is 0 Å². The highest BCUT2D eigenvalue weighted by atomic mass is 16.5. The molecule has 1 aromatic carbocycles. The number of nitriles is 1. The Balaban J connectivity index is 1.93. The van der Waals surface area contributed by atoms with E-state index >= 15 is 0 Å². The third-order valence-electron chi connectivity index (χ3n) is 4.40. The van der Waals surface area contributed by atoms with Crippen molar-refractivity contribution in [1.29, 1.82) is 5.26 Å². The first kappa shape index (κ1) is 17.9. The Hall–Kier alpha value is -2.48. The Morgan fingerprint density at radius 1 is 1.29 bits per heavy atom. The molecule has 2 N–H and O–H groups in total. The zero-order chi connectivity index (χ0) is 17.4. The van der Waals surface area contributed by atoms with Crippen molar-refractivity contribution in [1.82, 2.24) is 10.6 Å². The maximum Gasteiger partial charge on any atom is 0.263 e. The molecule has 0 saturated heterocycles. The third kappa shape index (κ3) is 5.02. The van der Waals surface area contributed by atoms with Gasteiger partial charge in [-0.15, -0.1) is 0 Å². The molecule has 1 unspecified atom stereocenters. The van der Waals surface area contributed by atoms with Gasteiger partial charge in [-0.2, -0.15) is 5.26 Å². The minimum atomic E-state index is -0.293. The van der Waals surface area contributed by atoms with Crippen LogP contribution in [0.2, 0.25) is 0 Å². The number of hydrogen-bond donors (Lipinski definition) is 2. The number of nitrogens with zero attached hydrogens (tertiary/aromatic N) is 1. The second-order valence-electron chi connectivity index (χ2n) is 6.14. The van der Waals surface area contributed by atoms with Gasteiger partial charge in [0, 0.05) is 18.3 Å². The molecule has 0 radical (unpaired) electrons. The molecule has 1 saturated carbocycles. The predicted molar refractivity (Wildman–Crippen MR) is 93.3 cm³/mol. The van der Waals surface area contributed by atoms with E-state index in [1.165, 1.54) is 12.6 Å². The number of hydrogen-bond acceptors (Lipinski definition) is 4. The Labute approximate surface area is 143 Å². The van der Waals surface area contributed by atoms with Gasteiger partial charge in [0.05, 0.1) is 7.11 Å². The summed E-state index contributed by atoms with van der Waals surface area (Å²) >= 11 is 0. The number of carbonyl (C=O) groups excluding carboxylic acids is 1. The molecule has 5 nitrogen and oxygen atoms in total. The summed E-state index contributed by atoms with van der Waals surface area (Å²) in [5.41, 5.74) is 1.16. The van der Waals surface area contributed by atoms with E-state index in [4.69, 9.17) is 4.74 Å². The van der Waals surface area contributed by atoms with Crippen LogP contribution in [-0.2, 0) is 4.79 Å². The van der Waals surface area contributed by atoms with Crippen LogP contribution in [0.5, 0.6) is 5.75 Å². The number of methoxy groups -OCH3 is 1. The molecule has 0 bridgehead atoms. The number of ether oxygens (including phenoxy) is 1. The van der Waals surface area contributed by atoms with E-state index in [1.807, 2.05) is 37.3 Å². The molecule has 2 rings (SSSR count). The van der Waals surface area contributed by atoms with Crippen molar-refractivity contribution in [3.8, 4) is 11.8 Å². The van der Waals surface area contributed by atoms with E-state index in [2.05, 4.69) is 10.6 Å². The summed E-state index contributed by atoms with van der Waals surface area (Å²) in [5.74, 6) is 0.505. The Bertz CT molecular complexity index is 610. The normalized spacial score (nSPS) is 16.8. The fourth-order valence-electron chi connectivity index (χ4n) is 2.86. The first-order valence-electron chi connectivity index (χ1n) is 8.45. The maximum atomic E-state index is 12.2. The largest absolute Gasteiger partial charge is 0.497 e. The zero-order valence-corrected chi connectivity index (χ0v) is 14.3. The highest BCUT2D eigenvalue weighted by molar-refractivity contribution is 5.97. The van der Waals surface area contributed by atoms with Gasteiger partial charge in [0.15, 0.2) is 0 Å². The summed E-state index contributed by atoms with van der Waals surface area (Å²) in [6.07, 6.45) is 7.02. The zero-order valence-electron chi connectivity index (χ0n) is 14.3. The lowest BCUT2D eigenvalue weighted by molar-refractivity contribution is -0.118. The number of nitrogens with one attached hydrogen (secondary N) is 2. The van der Waals surface area contributed by atoms with Crippen molar-refractivity contribution in [2.45, 2.75) is 51.1 Å². The molecule has 0 aliphatic heterocycles. The van der Waals surface area contributed by atoms with Crippen molar-refractivity contribution < 1.29 is 9.53 Å². The van der Waals surface area contributed by atoms with Gasteiger partial charge in [-0.1, -0.05) is 31.4 Å². The van der Waals surface area contributed by atoms with E-state index < -0.39 is 0 Å². The highest BCUT2D eigenvalue weighted by Gasteiger charge is 2.18. The molecule has 1 aliphatic rings. The molecule has 1 aromatic rings. The van der Waals surface area contributed by atoms with Gasteiger partial charge in [-0.05, 0) is 37.5 Å². The molecule has 1 aliphatic carbocycles. The topological polar surface area (TPSA) is 74.1 Å². The summed E-state index contributed by atoms with van der Waals surface area (Å²) in [5, 5.41) is 15.3. The van der Waals surface area contributed by atoms with Crippen LogP contribution in [0, 0.1) is 11.3 Å². The van der Waals surface area contributed by atoms with Gasteiger partial charge < -0.3 is 15.4 Å². The van der Waals surface area contributed by atoms with E-state index in [0.717, 1.165) is 37.0 Å². The van der Waals surface area contributed by atoms with Crippen molar-refractivity contribution in [2.75, 3.05) is 7.11 Å². The highest BCUT2D eigenvalue weighted by Crippen LogP contribution is 2.18. The fraction of sp³-hybridized carbons (Fsp3) is 0.474. The van der Waals surface area contributed by atoms with Crippen LogP contribution < -0.4 is 15.4 Å². The summed E-state index contributed by atoms with van der Waals surface area (Å²) in [6, 6.07) is 9.85. The van der Waals surface area contributed by atoms with Gasteiger partial charge >= 0.3 is 0 Å². The number of amides is 1. The van der Waals surface area contributed by atoms with Crippen molar-refractivity contribution in [2.24, 2.45) is 0 Å². The minimum Gasteiger partial charge on any atom is -0.497 e. The molecule has 128 valence electrons. The molecule has 0 heterocycles. The van der Waals surface area contributed by atoms with Crippen molar-refractivity contribution >= 4 is 5.91 Å². The average Bonchev–Trinajstić information content (AvgIpc) is 2.63. The second-order valence-corrected chi connectivity index (χ2v) is 6.14. The van der Waals surface area contributed by atoms with E-state index in [9.17, 15) is 10.1 Å². The number of rotatable bonds is 6. The van der Waals surface area contributed by atoms with Crippen LogP contribution in [0.1, 0.15) is 50.6 Å². The number of carbonyl (C=O) groups is 1. The number of benzene rings is 1.